The second kappa shape index (κ2) is 5.70. The van der Waals surface area contributed by atoms with E-state index in [4.69, 9.17) is 0 Å². The molecule has 0 radical (unpaired) electrons. The Morgan fingerprint density at radius 3 is 1.61 bits per heavy atom. The fourth-order valence-corrected chi connectivity index (χ4v) is 1.66. The van der Waals surface area contributed by atoms with Crippen molar-refractivity contribution in [2.45, 2.75) is 79.4 Å². The Bertz CT molecular complexity index is 276. The van der Waals surface area contributed by atoms with Gasteiger partial charge in [0.05, 0.1) is 6.04 Å². The zero-order valence-electron chi connectivity index (χ0n) is 13.7. The second-order valence-electron chi connectivity index (χ2n) is 8.19. The van der Waals surface area contributed by atoms with Gasteiger partial charge in [-0.3, -0.25) is 4.79 Å². The Hall–Kier alpha value is -0.410. The van der Waals surface area contributed by atoms with Gasteiger partial charge in [-0.2, -0.15) is 0 Å². The van der Waals surface area contributed by atoms with E-state index in [0.29, 0.717) is 6.54 Å². The molecule has 18 heavy (non-hydrogen) atoms. The van der Waals surface area contributed by atoms with Crippen molar-refractivity contribution in [3.8, 4) is 0 Å². The second-order valence-corrected chi connectivity index (χ2v) is 8.19. The Morgan fingerprint density at radius 2 is 1.33 bits per heavy atom. The van der Waals surface area contributed by atoms with E-state index in [1.165, 1.54) is 0 Å². The highest BCUT2D eigenvalue weighted by molar-refractivity contribution is 5.89. The van der Waals surface area contributed by atoms with Crippen LogP contribution in [0.2, 0.25) is 0 Å². The number of carbonyl (C=O) groups excluding carboxylic acids is 1. The summed E-state index contributed by atoms with van der Waals surface area (Å²) < 4.78 is 0. The molecule has 0 bridgehead atoms. The van der Waals surface area contributed by atoms with Crippen LogP contribution in [0.1, 0.15) is 62.3 Å². The van der Waals surface area contributed by atoms with Gasteiger partial charge in [-0.1, -0.05) is 20.8 Å². The SMILES string of the molecule is CC(C)(C)NCC(NC(C)(C)C)C(=O)C(C)(C)C. The lowest BCUT2D eigenvalue weighted by molar-refractivity contribution is -0.128. The van der Waals surface area contributed by atoms with Gasteiger partial charge in [0.1, 0.15) is 0 Å². The lowest BCUT2D eigenvalue weighted by Gasteiger charge is -2.34. The smallest absolute Gasteiger partial charge is 0.156 e. The molecule has 2 N–H and O–H groups in total. The topological polar surface area (TPSA) is 41.1 Å². The molecule has 108 valence electrons. The molecule has 0 amide bonds. The molecule has 0 fully saturated rings. The van der Waals surface area contributed by atoms with Crippen LogP contribution in [-0.2, 0) is 4.79 Å². The molecule has 0 aromatic heterocycles. The third-order valence-electron chi connectivity index (χ3n) is 2.50. The average molecular weight is 256 g/mol. The average Bonchev–Trinajstić information content (AvgIpc) is 2.06. The molecular weight excluding hydrogens is 224 g/mol. The summed E-state index contributed by atoms with van der Waals surface area (Å²) in [4.78, 5) is 12.5. The summed E-state index contributed by atoms with van der Waals surface area (Å²) in [6.45, 7) is 19.2. The van der Waals surface area contributed by atoms with Gasteiger partial charge in [-0.25, -0.2) is 0 Å². The van der Waals surface area contributed by atoms with Gasteiger partial charge in [0.15, 0.2) is 5.78 Å². The molecule has 0 heterocycles. The van der Waals surface area contributed by atoms with Gasteiger partial charge in [0.2, 0.25) is 0 Å². The van der Waals surface area contributed by atoms with Crippen molar-refractivity contribution in [3.05, 3.63) is 0 Å². The molecule has 1 atom stereocenters. The molecule has 0 saturated carbocycles. The lowest BCUT2D eigenvalue weighted by Crippen LogP contribution is -2.57. The van der Waals surface area contributed by atoms with E-state index in [9.17, 15) is 4.79 Å². The molecule has 0 aromatic carbocycles. The van der Waals surface area contributed by atoms with E-state index in [2.05, 4.69) is 52.2 Å². The van der Waals surface area contributed by atoms with Gasteiger partial charge in [-0.05, 0) is 41.5 Å². The van der Waals surface area contributed by atoms with Crippen LogP contribution in [-0.4, -0.2) is 29.4 Å². The van der Waals surface area contributed by atoms with Crippen molar-refractivity contribution in [2.75, 3.05) is 6.54 Å². The summed E-state index contributed by atoms with van der Waals surface area (Å²) in [6.07, 6.45) is 0. The number of ketones is 1. The van der Waals surface area contributed by atoms with E-state index in [-0.39, 0.29) is 28.3 Å². The first kappa shape index (κ1) is 17.6. The van der Waals surface area contributed by atoms with Crippen molar-refractivity contribution in [1.82, 2.24) is 10.6 Å². The maximum absolute atomic E-state index is 12.5. The summed E-state index contributed by atoms with van der Waals surface area (Å²) in [6, 6.07) is -0.149. The quantitative estimate of drug-likeness (QED) is 0.812. The zero-order valence-corrected chi connectivity index (χ0v) is 13.7. The van der Waals surface area contributed by atoms with Crippen LogP contribution in [0.15, 0.2) is 0 Å². The number of Topliss-reactive ketones (excluding diaryl/α,β-unsaturated/α-hetero) is 1. The van der Waals surface area contributed by atoms with Gasteiger partial charge in [0.25, 0.3) is 0 Å². The Balaban J connectivity index is 4.80. The molecule has 0 rings (SSSR count). The molecule has 0 aliphatic rings. The third kappa shape index (κ3) is 7.83. The minimum atomic E-state index is -0.317. The fourth-order valence-electron chi connectivity index (χ4n) is 1.66. The van der Waals surface area contributed by atoms with Gasteiger partial charge in [-0.15, -0.1) is 0 Å². The van der Waals surface area contributed by atoms with E-state index in [1.54, 1.807) is 0 Å². The van der Waals surface area contributed by atoms with Crippen LogP contribution in [0.25, 0.3) is 0 Å². The summed E-state index contributed by atoms with van der Waals surface area (Å²) in [7, 11) is 0. The van der Waals surface area contributed by atoms with Crippen molar-refractivity contribution < 1.29 is 4.79 Å². The number of rotatable bonds is 4. The Kier molecular flexibility index (Phi) is 5.57. The van der Waals surface area contributed by atoms with Crippen LogP contribution in [0.3, 0.4) is 0 Å². The minimum Gasteiger partial charge on any atom is -0.310 e. The maximum Gasteiger partial charge on any atom is 0.156 e. The normalized spacial score (nSPS) is 15.6. The highest BCUT2D eigenvalue weighted by Gasteiger charge is 2.32. The molecular formula is C15H32N2O. The van der Waals surface area contributed by atoms with Crippen molar-refractivity contribution in [2.24, 2.45) is 5.41 Å². The third-order valence-corrected chi connectivity index (χ3v) is 2.50. The summed E-state index contributed by atoms with van der Waals surface area (Å²) in [5, 5.41) is 6.84. The predicted octanol–water partition coefficient (Wildman–Crippen LogP) is 2.75. The van der Waals surface area contributed by atoms with Crippen LogP contribution >= 0.6 is 0 Å². The number of nitrogens with one attached hydrogen (secondary N) is 2. The molecule has 3 nitrogen and oxygen atoms in total. The summed E-state index contributed by atoms with van der Waals surface area (Å²) in [5.41, 5.74) is -0.358. The minimum absolute atomic E-state index is 0.0238. The zero-order chi connectivity index (χ0) is 14.8. The molecule has 0 aliphatic carbocycles. The molecule has 3 heteroatoms. The van der Waals surface area contributed by atoms with E-state index >= 15 is 0 Å². The van der Waals surface area contributed by atoms with Crippen molar-refractivity contribution in [3.63, 3.8) is 0 Å². The van der Waals surface area contributed by atoms with Crippen LogP contribution in [0, 0.1) is 5.41 Å². The highest BCUT2D eigenvalue weighted by Crippen LogP contribution is 2.18. The largest absolute Gasteiger partial charge is 0.310 e. The first-order valence-electron chi connectivity index (χ1n) is 6.79. The number of carbonyl (C=O) groups is 1. The van der Waals surface area contributed by atoms with Crippen molar-refractivity contribution >= 4 is 5.78 Å². The summed E-state index contributed by atoms with van der Waals surface area (Å²) >= 11 is 0. The molecule has 1 unspecified atom stereocenters. The monoisotopic (exact) mass is 256 g/mol. The highest BCUT2D eigenvalue weighted by atomic mass is 16.1. The van der Waals surface area contributed by atoms with Crippen LogP contribution in [0.5, 0.6) is 0 Å². The predicted molar refractivity (Wildman–Crippen MR) is 78.9 cm³/mol. The van der Waals surface area contributed by atoms with Gasteiger partial charge < -0.3 is 10.6 Å². The first-order valence-corrected chi connectivity index (χ1v) is 6.79. The van der Waals surface area contributed by atoms with Crippen LogP contribution in [0.4, 0.5) is 0 Å². The summed E-state index contributed by atoms with van der Waals surface area (Å²) in [5.74, 6) is 0.258. The molecule has 0 aromatic rings. The Labute approximate surface area is 113 Å². The Morgan fingerprint density at radius 1 is 0.889 bits per heavy atom. The van der Waals surface area contributed by atoms with E-state index in [0.717, 1.165) is 0 Å². The number of hydrogen-bond acceptors (Lipinski definition) is 3. The first-order chi connectivity index (χ1) is 7.72. The lowest BCUT2D eigenvalue weighted by atomic mass is 9.85. The van der Waals surface area contributed by atoms with E-state index < -0.39 is 0 Å². The molecule has 0 spiro atoms. The molecule has 0 saturated heterocycles. The van der Waals surface area contributed by atoms with Gasteiger partial charge in [0, 0.05) is 23.0 Å². The number of hydrogen-bond donors (Lipinski definition) is 2. The molecule has 0 aliphatic heterocycles. The fraction of sp³-hybridized carbons (Fsp3) is 0.933. The maximum atomic E-state index is 12.5. The van der Waals surface area contributed by atoms with E-state index in [1.807, 2.05) is 20.8 Å². The van der Waals surface area contributed by atoms with Crippen LogP contribution < -0.4 is 10.6 Å². The standard InChI is InChI=1S/C15H32N2O/c1-13(2,3)12(18)11(17-15(7,8)9)10-16-14(4,5)6/h11,16-17H,10H2,1-9H3. The van der Waals surface area contributed by atoms with Crippen molar-refractivity contribution in [1.29, 1.82) is 0 Å². The van der Waals surface area contributed by atoms with Gasteiger partial charge >= 0.3 is 0 Å².